The number of piperazine rings is 1. The number of amides is 2. The number of hydrogen-bond donors (Lipinski definition) is 0. The van der Waals surface area contributed by atoms with Crippen molar-refractivity contribution in [2.75, 3.05) is 33.3 Å². The molecule has 0 N–H and O–H groups in total. The highest BCUT2D eigenvalue weighted by Gasteiger charge is 2.30. The molecule has 3 rings (SSSR count). The van der Waals surface area contributed by atoms with Crippen LogP contribution in [0.5, 0.6) is 5.75 Å². The topological polar surface area (TPSA) is 49.9 Å². The molecule has 1 heterocycles. The van der Waals surface area contributed by atoms with Gasteiger partial charge in [0.05, 0.1) is 7.11 Å². The van der Waals surface area contributed by atoms with E-state index in [-0.39, 0.29) is 11.8 Å². The van der Waals surface area contributed by atoms with E-state index in [1.807, 2.05) is 9.80 Å². The van der Waals surface area contributed by atoms with Gasteiger partial charge in [-0.05, 0) is 37.1 Å². The van der Waals surface area contributed by atoms with Crippen molar-refractivity contribution in [1.29, 1.82) is 0 Å². The first-order valence-corrected chi connectivity index (χ1v) is 8.41. The van der Waals surface area contributed by atoms with Crippen molar-refractivity contribution in [1.82, 2.24) is 9.80 Å². The Bertz CT molecular complexity index is 556. The molecule has 23 heavy (non-hydrogen) atoms. The molecule has 1 aliphatic carbocycles. The van der Waals surface area contributed by atoms with Crippen LogP contribution in [-0.2, 0) is 4.79 Å². The van der Waals surface area contributed by atoms with Gasteiger partial charge >= 0.3 is 0 Å². The summed E-state index contributed by atoms with van der Waals surface area (Å²) in [5, 5.41) is 0. The first-order valence-electron chi connectivity index (χ1n) is 8.41. The van der Waals surface area contributed by atoms with E-state index < -0.39 is 0 Å². The zero-order chi connectivity index (χ0) is 16.2. The summed E-state index contributed by atoms with van der Waals surface area (Å²) in [6.45, 7) is 2.53. The molecule has 1 aromatic rings. The molecule has 1 aliphatic heterocycles. The highest BCUT2D eigenvalue weighted by atomic mass is 16.5. The van der Waals surface area contributed by atoms with E-state index in [4.69, 9.17) is 4.74 Å². The maximum absolute atomic E-state index is 12.5. The van der Waals surface area contributed by atoms with Gasteiger partial charge in [-0.25, -0.2) is 0 Å². The third kappa shape index (κ3) is 3.49. The fraction of sp³-hybridized carbons (Fsp3) is 0.556. The van der Waals surface area contributed by atoms with E-state index in [9.17, 15) is 9.59 Å². The predicted octanol–water partition coefficient (Wildman–Crippen LogP) is 2.17. The number of carbonyl (C=O) groups is 2. The van der Waals surface area contributed by atoms with E-state index in [0.717, 1.165) is 18.6 Å². The molecule has 2 aliphatic rings. The summed E-state index contributed by atoms with van der Waals surface area (Å²) in [6.07, 6.45) is 4.41. The lowest BCUT2D eigenvalue weighted by molar-refractivity contribution is -0.136. The van der Waals surface area contributed by atoms with Crippen LogP contribution < -0.4 is 4.74 Å². The summed E-state index contributed by atoms with van der Waals surface area (Å²) in [5.74, 6) is 1.28. The second-order valence-electron chi connectivity index (χ2n) is 6.33. The van der Waals surface area contributed by atoms with Crippen LogP contribution in [0.25, 0.3) is 0 Å². The third-order valence-electron chi connectivity index (χ3n) is 4.92. The zero-order valence-corrected chi connectivity index (χ0v) is 13.7. The molecule has 1 saturated carbocycles. The minimum absolute atomic E-state index is 0.0284. The number of hydrogen-bond acceptors (Lipinski definition) is 3. The average Bonchev–Trinajstić information content (AvgIpc) is 3.15. The van der Waals surface area contributed by atoms with E-state index in [1.165, 1.54) is 12.8 Å². The Hall–Kier alpha value is -2.04. The molecular weight excluding hydrogens is 292 g/mol. The number of benzene rings is 1. The fourth-order valence-electron chi connectivity index (χ4n) is 3.48. The maximum atomic E-state index is 12.5. The number of rotatable bonds is 3. The van der Waals surface area contributed by atoms with E-state index in [2.05, 4.69) is 0 Å². The Balaban J connectivity index is 1.55. The Morgan fingerprint density at radius 3 is 2.09 bits per heavy atom. The maximum Gasteiger partial charge on any atom is 0.253 e. The highest BCUT2D eigenvalue weighted by molar-refractivity contribution is 5.94. The molecule has 0 bridgehead atoms. The van der Waals surface area contributed by atoms with Crippen molar-refractivity contribution in [2.24, 2.45) is 5.92 Å². The minimum Gasteiger partial charge on any atom is -0.497 e. The molecule has 2 amide bonds. The molecule has 5 heteroatoms. The second-order valence-corrected chi connectivity index (χ2v) is 6.33. The van der Waals surface area contributed by atoms with Crippen LogP contribution in [0.3, 0.4) is 0 Å². The Kier molecular flexibility index (Phi) is 4.84. The van der Waals surface area contributed by atoms with Gasteiger partial charge in [-0.1, -0.05) is 12.8 Å². The van der Waals surface area contributed by atoms with Gasteiger partial charge in [0.25, 0.3) is 5.91 Å². The molecule has 0 unspecified atom stereocenters. The van der Waals surface area contributed by atoms with Crippen LogP contribution in [-0.4, -0.2) is 54.9 Å². The fourth-order valence-corrected chi connectivity index (χ4v) is 3.48. The quantitative estimate of drug-likeness (QED) is 0.859. The molecule has 5 nitrogen and oxygen atoms in total. The number of ether oxygens (including phenoxy) is 1. The summed E-state index contributed by atoms with van der Waals surface area (Å²) >= 11 is 0. The van der Waals surface area contributed by atoms with E-state index >= 15 is 0 Å². The normalized spacial score (nSPS) is 19.0. The first-order chi connectivity index (χ1) is 11.2. The van der Waals surface area contributed by atoms with Gasteiger partial charge in [-0.15, -0.1) is 0 Å². The van der Waals surface area contributed by atoms with Crippen molar-refractivity contribution in [3.63, 3.8) is 0 Å². The van der Waals surface area contributed by atoms with Crippen LogP contribution in [0, 0.1) is 5.92 Å². The van der Waals surface area contributed by atoms with Crippen LogP contribution in [0.2, 0.25) is 0 Å². The lowest BCUT2D eigenvalue weighted by atomic mass is 10.1. The first kappa shape index (κ1) is 15.8. The van der Waals surface area contributed by atoms with Crippen LogP contribution in [0.1, 0.15) is 36.0 Å². The van der Waals surface area contributed by atoms with Crippen molar-refractivity contribution in [2.45, 2.75) is 25.7 Å². The van der Waals surface area contributed by atoms with Crippen molar-refractivity contribution >= 4 is 11.8 Å². The Morgan fingerprint density at radius 1 is 0.957 bits per heavy atom. The molecular formula is C18H24N2O3. The van der Waals surface area contributed by atoms with Crippen LogP contribution in [0.15, 0.2) is 24.3 Å². The average molecular weight is 316 g/mol. The van der Waals surface area contributed by atoms with Crippen molar-refractivity contribution in [3.8, 4) is 5.75 Å². The summed E-state index contributed by atoms with van der Waals surface area (Å²) in [7, 11) is 1.61. The second kappa shape index (κ2) is 7.02. The highest BCUT2D eigenvalue weighted by Crippen LogP contribution is 2.27. The molecule has 0 radical (unpaired) electrons. The van der Waals surface area contributed by atoms with Gasteiger partial charge in [0, 0.05) is 37.7 Å². The standard InChI is InChI=1S/C18H24N2O3/c1-23-16-8-6-15(7-9-16)18(22)20-12-10-19(11-13-20)17(21)14-4-2-3-5-14/h6-9,14H,2-5,10-13H2,1H3. The monoisotopic (exact) mass is 316 g/mol. The lowest BCUT2D eigenvalue weighted by Gasteiger charge is -2.36. The van der Waals surface area contributed by atoms with E-state index in [0.29, 0.717) is 37.6 Å². The van der Waals surface area contributed by atoms with Crippen LogP contribution >= 0.6 is 0 Å². The SMILES string of the molecule is COc1ccc(C(=O)N2CCN(C(=O)C3CCCC3)CC2)cc1. The smallest absolute Gasteiger partial charge is 0.253 e. The zero-order valence-electron chi connectivity index (χ0n) is 13.7. The molecule has 0 spiro atoms. The molecule has 0 aromatic heterocycles. The molecule has 2 fully saturated rings. The molecule has 1 aromatic carbocycles. The lowest BCUT2D eigenvalue weighted by Crippen LogP contribution is -2.51. The number of nitrogens with zero attached hydrogens (tertiary/aromatic N) is 2. The van der Waals surface area contributed by atoms with Crippen molar-refractivity contribution < 1.29 is 14.3 Å². The van der Waals surface area contributed by atoms with Gasteiger partial charge in [0.15, 0.2) is 0 Å². The van der Waals surface area contributed by atoms with Gasteiger partial charge in [0.2, 0.25) is 5.91 Å². The number of carbonyl (C=O) groups excluding carboxylic acids is 2. The summed E-state index contributed by atoms with van der Waals surface area (Å²) < 4.78 is 5.11. The van der Waals surface area contributed by atoms with Gasteiger partial charge < -0.3 is 14.5 Å². The van der Waals surface area contributed by atoms with Gasteiger partial charge in [-0.2, -0.15) is 0 Å². The van der Waals surface area contributed by atoms with Gasteiger partial charge in [0.1, 0.15) is 5.75 Å². The summed E-state index contributed by atoms with van der Waals surface area (Å²) in [4.78, 5) is 28.7. The predicted molar refractivity (Wildman–Crippen MR) is 87.4 cm³/mol. The third-order valence-corrected chi connectivity index (χ3v) is 4.92. The minimum atomic E-state index is 0.0284. The number of methoxy groups -OCH3 is 1. The Morgan fingerprint density at radius 2 is 1.52 bits per heavy atom. The molecule has 1 saturated heterocycles. The largest absolute Gasteiger partial charge is 0.497 e. The van der Waals surface area contributed by atoms with Crippen LogP contribution in [0.4, 0.5) is 0 Å². The van der Waals surface area contributed by atoms with Crippen molar-refractivity contribution in [3.05, 3.63) is 29.8 Å². The summed E-state index contributed by atoms with van der Waals surface area (Å²) in [5.41, 5.74) is 0.668. The van der Waals surface area contributed by atoms with Gasteiger partial charge in [-0.3, -0.25) is 9.59 Å². The molecule has 124 valence electrons. The Labute approximate surface area is 137 Å². The van der Waals surface area contributed by atoms with E-state index in [1.54, 1.807) is 31.4 Å². The molecule has 0 atom stereocenters. The summed E-state index contributed by atoms with van der Waals surface area (Å²) in [6, 6.07) is 7.18.